The molecule has 0 saturated heterocycles. The fourth-order valence-electron chi connectivity index (χ4n) is 0.376. The quantitative estimate of drug-likeness (QED) is 0.615. The van der Waals surface area contributed by atoms with E-state index < -0.39 is 0 Å². The second-order valence-electron chi connectivity index (χ2n) is 1.30. The monoisotopic (exact) mass is 132 g/mol. The smallest absolute Gasteiger partial charge is 0.292 e. The van der Waals surface area contributed by atoms with E-state index >= 15 is 0 Å². The van der Waals surface area contributed by atoms with Crippen LogP contribution in [0.5, 0.6) is 0 Å². The lowest BCUT2D eigenvalue weighted by molar-refractivity contribution is 0.558. The van der Waals surface area contributed by atoms with Gasteiger partial charge in [-0.25, -0.2) is 4.98 Å². The van der Waals surface area contributed by atoms with Crippen molar-refractivity contribution in [3.8, 4) is 0 Å². The normalized spacial score (nSPS) is 9.75. The number of hydrogen-bond acceptors (Lipinski definition) is 3. The lowest BCUT2D eigenvalue weighted by Gasteiger charge is -1.76. The largest absolute Gasteiger partial charge is 0.436 e. The van der Waals surface area contributed by atoms with Gasteiger partial charge in [-0.15, -0.1) is 0 Å². The van der Waals surface area contributed by atoms with Gasteiger partial charge in [-0.2, -0.15) is 0 Å². The van der Waals surface area contributed by atoms with Gasteiger partial charge in [-0.05, 0) is 11.6 Å². The zero-order valence-corrected chi connectivity index (χ0v) is 4.85. The zero-order valence-electron chi connectivity index (χ0n) is 4.10. The molecule has 0 bridgehead atoms. The molecule has 0 unspecified atom stereocenters. The maximum absolute atomic E-state index is 5.31. The molecule has 0 spiro atoms. The van der Waals surface area contributed by atoms with E-state index in [1.165, 1.54) is 6.26 Å². The Morgan fingerprint density at radius 1 is 1.88 bits per heavy atom. The fraction of sp³-hybridized carbons (Fsp3) is 0.250. The third-order valence-electron chi connectivity index (χ3n) is 0.733. The van der Waals surface area contributed by atoms with Crippen LogP contribution in [-0.2, 0) is 6.54 Å². The van der Waals surface area contributed by atoms with E-state index in [2.05, 4.69) is 9.40 Å². The highest BCUT2D eigenvalue weighted by molar-refractivity contribution is 6.27. The van der Waals surface area contributed by atoms with Crippen LogP contribution in [0.25, 0.3) is 0 Å². The molecule has 8 heavy (non-hydrogen) atoms. The summed E-state index contributed by atoms with van der Waals surface area (Å²) in [6.45, 7) is 0.371. The summed E-state index contributed by atoms with van der Waals surface area (Å²) in [6.07, 6.45) is 1.43. The molecular weight excluding hydrogens is 128 g/mol. The molecule has 0 amide bonds. The number of nitrogens with zero attached hydrogens (tertiary/aromatic N) is 1. The van der Waals surface area contributed by atoms with E-state index in [9.17, 15) is 0 Å². The molecule has 44 valence electrons. The zero-order chi connectivity index (χ0) is 5.98. The van der Waals surface area contributed by atoms with Gasteiger partial charge < -0.3 is 10.2 Å². The summed E-state index contributed by atoms with van der Waals surface area (Å²) < 4.78 is 4.63. The van der Waals surface area contributed by atoms with Gasteiger partial charge in [0.15, 0.2) is 0 Å². The minimum Gasteiger partial charge on any atom is -0.436 e. The summed E-state index contributed by atoms with van der Waals surface area (Å²) in [5.74, 6) is 0. The highest BCUT2D eigenvalue weighted by Gasteiger charge is 1.95. The Labute approximate surface area is 51.5 Å². The molecule has 1 rings (SSSR count). The molecule has 0 fully saturated rings. The molecule has 0 atom stereocenters. The average Bonchev–Trinajstić information content (AvgIpc) is 2.14. The van der Waals surface area contributed by atoms with Crippen LogP contribution < -0.4 is 5.73 Å². The van der Waals surface area contributed by atoms with Gasteiger partial charge in [0.05, 0.1) is 5.69 Å². The van der Waals surface area contributed by atoms with Gasteiger partial charge in [0, 0.05) is 6.54 Å². The summed E-state index contributed by atoms with van der Waals surface area (Å²) >= 11 is 5.31. The van der Waals surface area contributed by atoms with Crippen LogP contribution in [-0.4, -0.2) is 4.98 Å². The minimum absolute atomic E-state index is 0.144. The van der Waals surface area contributed by atoms with Gasteiger partial charge >= 0.3 is 0 Å². The van der Waals surface area contributed by atoms with E-state index in [4.69, 9.17) is 17.3 Å². The summed E-state index contributed by atoms with van der Waals surface area (Å²) in [5.41, 5.74) is 5.86. The van der Waals surface area contributed by atoms with E-state index in [-0.39, 0.29) is 5.35 Å². The molecular formula is C4H5ClN2O. The lowest BCUT2D eigenvalue weighted by Crippen LogP contribution is -1.94. The molecule has 0 aromatic carbocycles. The van der Waals surface area contributed by atoms with E-state index in [1.54, 1.807) is 0 Å². The third-order valence-corrected chi connectivity index (χ3v) is 0.906. The summed E-state index contributed by atoms with van der Waals surface area (Å²) in [4.78, 5) is 3.70. The topological polar surface area (TPSA) is 52.0 Å². The van der Waals surface area contributed by atoms with Gasteiger partial charge in [0.2, 0.25) is 0 Å². The Kier molecular flexibility index (Phi) is 1.50. The maximum atomic E-state index is 5.31. The van der Waals surface area contributed by atoms with Crippen molar-refractivity contribution in [3.63, 3.8) is 0 Å². The molecule has 0 aliphatic rings. The Bertz CT molecular complexity index is 174. The standard InChI is InChI=1S/C4H5ClN2O/c5-4-7-3(1-6)2-8-4/h2H,1,6H2. The Hall–Kier alpha value is -0.540. The first-order valence-electron chi connectivity index (χ1n) is 2.13. The molecule has 0 aliphatic carbocycles. The molecule has 1 heterocycles. The number of rotatable bonds is 1. The molecule has 1 aromatic rings. The van der Waals surface area contributed by atoms with Crippen molar-refractivity contribution < 1.29 is 4.42 Å². The predicted octanol–water partition coefficient (Wildman–Crippen LogP) is 0.787. The number of hydrogen-bond donors (Lipinski definition) is 1. The van der Waals surface area contributed by atoms with Gasteiger partial charge in [-0.3, -0.25) is 0 Å². The van der Waals surface area contributed by atoms with Crippen LogP contribution in [0.2, 0.25) is 5.35 Å². The Balaban J connectivity index is 2.84. The van der Waals surface area contributed by atoms with Crippen LogP contribution in [0, 0.1) is 0 Å². The van der Waals surface area contributed by atoms with Gasteiger partial charge in [0.1, 0.15) is 6.26 Å². The molecule has 0 aliphatic heterocycles. The van der Waals surface area contributed by atoms with Crippen LogP contribution in [0.1, 0.15) is 5.69 Å². The molecule has 0 saturated carbocycles. The molecule has 4 heteroatoms. The van der Waals surface area contributed by atoms with Crippen LogP contribution in [0.4, 0.5) is 0 Å². The molecule has 0 radical (unpaired) electrons. The van der Waals surface area contributed by atoms with Crippen molar-refractivity contribution in [1.29, 1.82) is 0 Å². The number of aromatic nitrogens is 1. The van der Waals surface area contributed by atoms with Crippen LogP contribution in [0.3, 0.4) is 0 Å². The maximum Gasteiger partial charge on any atom is 0.292 e. The van der Waals surface area contributed by atoms with Crippen LogP contribution in [0.15, 0.2) is 10.7 Å². The van der Waals surface area contributed by atoms with Crippen molar-refractivity contribution >= 4 is 11.6 Å². The first kappa shape index (κ1) is 5.59. The summed E-state index contributed by atoms with van der Waals surface area (Å²) in [5, 5.41) is 0.144. The van der Waals surface area contributed by atoms with Gasteiger partial charge in [-0.1, -0.05) is 0 Å². The molecule has 1 aromatic heterocycles. The second-order valence-corrected chi connectivity index (χ2v) is 1.62. The van der Waals surface area contributed by atoms with Crippen molar-refractivity contribution in [1.82, 2.24) is 4.98 Å². The summed E-state index contributed by atoms with van der Waals surface area (Å²) in [6, 6.07) is 0. The van der Waals surface area contributed by atoms with Crippen molar-refractivity contribution in [3.05, 3.63) is 17.3 Å². The lowest BCUT2D eigenvalue weighted by atomic mass is 10.5. The number of halogens is 1. The van der Waals surface area contributed by atoms with Crippen LogP contribution >= 0.6 is 11.6 Å². The first-order valence-corrected chi connectivity index (χ1v) is 2.50. The SMILES string of the molecule is NCc1coc(Cl)n1. The van der Waals surface area contributed by atoms with E-state index in [0.717, 1.165) is 0 Å². The average molecular weight is 133 g/mol. The Morgan fingerprint density at radius 2 is 2.62 bits per heavy atom. The first-order chi connectivity index (χ1) is 3.83. The number of oxazole rings is 1. The van der Waals surface area contributed by atoms with E-state index in [0.29, 0.717) is 12.2 Å². The minimum atomic E-state index is 0.144. The van der Waals surface area contributed by atoms with E-state index in [1.807, 2.05) is 0 Å². The number of nitrogens with two attached hydrogens (primary N) is 1. The predicted molar refractivity (Wildman–Crippen MR) is 29.4 cm³/mol. The third kappa shape index (κ3) is 0.993. The van der Waals surface area contributed by atoms with Crippen molar-refractivity contribution in [2.45, 2.75) is 6.54 Å². The fourth-order valence-corrected chi connectivity index (χ4v) is 0.529. The van der Waals surface area contributed by atoms with Crippen molar-refractivity contribution in [2.24, 2.45) is 5.73 Å². The summed E-state index contributed by atoms with van der Waals surface area (Å²) in [7, 11) is 0. The highest BCUT2D eigenvalue weighted by Crippen LogP contribution is 2.05. The molecule has 3 nitrogen and oxygen atoms in total. The highest BCUT2D eigenvalue weighted by atomic mass is 35.5. The second kappa shape index (κ2) is 2.15. The molecule has 2 N–H and O–H groups in total. The van der Waals surface area contributed by atoms with Crippen molar-refractivity contribution in [2.75, 3.05) is 0 Å². The Morgan fingerprint density at radius 3 is 2.88 bits per heavy atom. The van der Waals surface area contributed by atoms with Gasteiger partial charge in [0.25, 0.3) is 5.35 Å².